The molecule has 7 nitrogen and oxygen atoms in total. The molecule has 2 aromatic heterocycles. The summed E-state index contributed by atoms with van der Waals surface area (Å²) >= 11 is 1.56. The molecule has 0 spiro atoms. The third-order valence-corrected chi connectivity index (χ3v) is 6.31. The molecule has 1 fully saturated rings. The Hall–Kier alpha value is -2.71. The smallest absolute Gasteiger partial charge is 0.253 e. The first kappa shape index (κ1) is 18.3. The first-order valence-electron chi connectivity index (χ1n) is 9.89. The zero-order chi connectivity index (χ0) is 19.8. The molecule has 1 saturated heterocycles. The number of hydrogen-bond donors (Lipinski definition) is 1. The number of aromatic nitrogens is 2. The predicted molar refractivity (Wildman–Crippen MR) is 110 cm³/mol. The Kier molecular flexibility index (Phi) is 4.81. The topological polar surface area (TPSA) is 75.9 Å². The number of thiazole rings is 1. The average molecular weight is 410 g/mol. The maximum Gasteiger partial charge on any atom is 0.253 e. The summed E-state index contributed by atoms with van der Waals surface area (Å²) in [4.78, 5) is 32.4. The SMILES string of the molecule is O=C(Nc1ccc2c(c1)CN(C(=O)Cc1cn3ccsc3n1)CC2)C1CCCO1. The number of carbonyl (C=O) groups excluding carboxylic acids is 2. The third-order valence-electron chi connectivity index (χ3n) is 5.54. The zero-order valence-electron chi connectivity index (χ0n) is 16.0. The van der Waals surface area contributed by atoms with E-state index in [-0.39, 0.29) is 17.9 Å². The number of carbonyl (C=O) groups is 2. The molecule has 0 saturated carbocycles. The van der Waals surface area contributed by atoms with Crippen molar-refractivity contribution in [1.82, 2.24) is 14.3 Å². The van der Waals surface area contributed by atoms with Crippen LogP contribution in [0.15, 0.2) is 36.0 Å². The monoisotopic (exact) mass is 410 g/mol. The molecule has 0 radical (unpaired) electrons. The molecule has 4 heterocycles. The second-order valence-corrected chi connectivity index (χ2v) is 8.41. The number of imidazole rings is 1. The van der Waals surface area contributed by atoms with Gasteiger partial charge in [-0.15, -0.1) is 11.3 Å². The Morgan fingerprint density at radius 2 is 2.24 bits per heavy atom. The lowest BCUT2D eigenvalue weighted by molar-refractivity contribution is -0.131. The van der Waals surface area contributed by atoms with Crippen LogP contribution in [0.25, 0.3) is 4.96 Å². The number of fused-ring (bicyclic) bond motifs is 2. The number of nitrogens with zero attached hydrogens (tertiary/aromatic N) is 3. The van der Waals surface area contributed by atoms with E-state index in [4.69, 9.17) is 4.74 Å². The highest BCUT2D eigenvalue weighted by atomic mass is 32.1. The van der Waals surface area contributed by atoms with Crippen LogP contribution in [-0.4, -0.2) is 45.4 Å². The largest absolute Gasteiger partial charge is 0.368 e. The molecule has 1 atom stereocenters. The maximum atomic E-state index is 12.8. The number of amides is 2. The van der Waals surface area contributed by atoms with Crippen LogP contribution >= 0.6 is 11.3 Å². The van der Waals surface area contributed by atoms with Crippen molar-refractivity contribution in [3.05, 3.63) is 52.8 Å². The van der Waals surface area contributed by atoms with Crippen LogP contribution in [0.1, 0.15) is 29.7 Å². The van der Waals surface area contributed by atoms with Crippen molar-refractivity contribution in [2.24, 2.45) is 0 Å². The minimum Gasteiger partial charge on any atom is -0.368 e. The fourth-order valence-corrected chi connectivity index (χ4v) is 4.70. The van der Waals surface area contributed by atoms with Crippen molar-refractivity contribution in [3.63, 3.8) is 0 Å². The molecule has 0 aliphatic carbocycles. The number of rotatable bonds is 4. The second-order valence-electron chi connectivity index (χ2n) is 7.54. The number of ether oxygens (including phenoxy) is 1. The highest BCUT2D eigenvalue weighted by Gasteiger charge is 2.25. The number of benzene rings is 1. The Balaban J connectivity index is 1.25. The molecule has 0 bridgehead atoms. The molecule has 29 heavy (non-hydrogen) atoms. The first-order valence-corrected chi connectivity index (χ1v) is 10.8. The Morgan fingerprint density at radius 3 is 3.07 bits per heavy atom. The lowest BCUT2D eigenvalue weighted by atomic mass is 9.98. The van der Waals surface area contributed by atoms with E-state index in [1.807, 2.05) is 45.3 Å². The Morgan fingerprint density at radius 1 is 1.31 bits per heavy atom. The maximum absolute atomic E-state index is 12.8. The second kappa shape index (κ2) is 7.61. The van der Waals surface area contributed by atoms with E-state index in [1.165, 1.54) is 5.56 Å². The van der Waals surface area contributed by atoms with Crippen molar-refractivity contribution < 1.29 is 14.3 Å². The molecule has 150 valence electrons. The lowest BCUT2D eigenvalue weighted by Crippen LogP contribution is -2.37. The summed E-state index contributed by atoms with van der Waals surface area (Å²) in [5, 5.41) is 4.93. The van der Waals surface area contributed by atoms with Gasteiger partial charge in [0, 0.05) is 43.2 Å². The molecule has 1 N–H and O–H groups in total. The van der Waals surface area contributed by atoms with Gasteiger partial charge >= 0.3 is 0 Å². The molecule has 2 aliphatic heterocycles. The summed E-state index contributed by atoms with van der Waals surface area (Å²) in [7, 11) is 0. The molecule has 1 unspecified atom stereocenters. The van der Waals surface area contributed by atoms with Crippen molar-refractivity contribution >= 4 is 33.8 Å². The van der Waals surface area contributed by atoms with E-state index >= 15 is 0 Å². The molecule has 1 aromatic carbocycles. The van der Waals surface area contributed by atoms with Gasteiger partial charge in [0.1, 0.15) is 6.10 Å². The van der Waals surface area contributed by atoms with E-state index in [2.05, 4.69) is 10.3 Å². The van der Waals surface area contributed by atoms with Crippen LogP contribution < -0.4 is 5.32 Å². The molecule has 5 rings (SSSR count). The van der Waals surface area contributed by atoms with Crippen molar-refractivity contribution in [3.8, 4) is 0 Å². The highest BCUT2D eigenvalue weighted by Crippen LogP contribution is 2.24. The van der Waals surface area contributed by atoms with Gasteiger partial charge in [-0.2, -0.15) is 0 Å². The van der Waals surface area contributed by atoms with Crippen LogP contribution in [0.2, 0.25) is 0 Å². The Labute approximate surface area is 172 Å². The quantitative estimate of drug-likeness (QED) is 0.718. The summed E-state index contributed by atoms with van der Waals surface area (Å²) in [5.74, 6) is -0.0128. The number of nitrogens with one attached hydrogen (secondary N) is 1. The van der Waals surface area contributed by atoms with Crippen LogP contribution in [0.3, 0.4) is 0 Å². The molecule has 8 heteroatoms. The van der Waals surface area contributed by atoms with Gasteiger partial charge in [0.05, 0.1) is 12.1 Å². The average Bonchev–Trinajstić information content (AvgIpc) is 3.45. The van der Waals surface area contributed by atoms with E-state index < -0.39 is 0 Å². The van der Waals surface area contributed by atoms with Gasteiger partial charge in [-0.3, -0.25) is 14.0 Å². The predicted octanol–water partition coefficient (Wildman–Crippen LogP) is 2.64. The minimum atomic E-state index is -0.353. The van der Waals surface area contributed by atoms with Gasteiger partial charge in [-0.05, 0) is 42.5 Å². The van der Waals surface area contributed by atoms with Gasteiger partial charge in [0.2, 0.25) is 5.91 Å². The van der Waals surface area contributed by atoms with E-state index in [0.717, 1.165) is 41.2 Å². The molecule has 2 amide bonds. The van der Waals surface area contributed by atoms with Crippen LogP contribution in [0.5, 0.6) is 0 Å². The van der Waals surface area contributed by atoms with Gasteiger partial charge in [0.15, 0.2) is 4.96 Å². The van der Waals surface area contributed by atoms with E-state index in [0.29, 0.717) is 26.1 Å². The summed E-state index contributed by atoms with van der Waals surface area (Å²) in [6.07, 6.45) is 6.33. The molecular weight excluding hydrogens is 388 g/mol. The number of hydrogen-bond acceptors (Lipinski definition) is 5. The minimum absolute atomic E-state index is 0.0789. The lowest BCUT2D eigenvalue weighted by Gasteiger charge is -2.29. The zero-order valence-corrected chi connectivity index (χ0v) is 16.8. The summed E-state index contributed by atoms with van der Waals surface area (Å²) in [6.45, 7) is 1.91. The van der Waals surface area contributed by atoms with Gasteiger partial charge in [-0.1, -0.05) is 6.07 Å². The fourth-order valence-electron chi connectivity index (χ4n) is 3.98. The normalized spacial score (nSPS) is 18.8. The van der Waals surface area contributed by atoms with Crippen LogP contribution in [0.4, 0.5) is 5.69 Å². The van der Waals surface area contributed by atoms with Crippen LogP contribution in [0, 0.1) is 0 Å². The fraction of sp³-hybridized carbons (Fsp3) is 0.381. The summed E-state index contributed by atoms with van der Waals surface area (Å²) in [6, 6.07) is 5.96. The van der Waals surface area contributed by atoms with Gasteiger partial charge < -0.3 is 15.0 Å². The van der Waals surface area contributed by atoms with Crippen molar-refractivity contribution in [2.45, 2.75) is 38.3 Å². The number of anilines is 1. The molecule has 3 aromatic rings. The van der Waals surface area contributed by atoms with E-state index in [1.54, 1.807) is 11.3 Å². The molecule has 2 aliphatic rings. The third kappa shape index (κ3) is 3.77. The summed E-state index contributed by atoms with van der Waals surface area (Å²) in [5.41, 5.74) is 3.87. The highest BCUT2D eigenvalue weighted by molar-refractivity contribution is 7.15. The molecular formula is C21H22N4O3S. The van der Waals surface area contributed by atoms with Crippen LogP contribution in [-0.2, 0) is 33.7 Å². The first-order chi connectivity index (χ1) is 14.2. The summed E-state index contributed by atoms with van der Waals surface area (Å²) < 4.78 is 7.40. The standard InChI is InChI=1S/C21H22N4O3S/c26-19(11-17-13-25-7-9-29-21(25)23-17)24-6-5-14-3-4-16(10-15(14)12-24)22-20(27)18-2-1-8-28-18/h3-4,7,9-10,13,18H,1-2,5-6,8,11-12H2,(H,22,27). The van der Waals surface area contributed by atoms with Crippen molar-refractivity contribution in [1.29, 1.82) is 0 Å². The van der Waals surface area contributed by atoms with E-state index in [9.17, 15) is 9.59 Å². The van der Waals surface area contributed by atoms with Gasteiger partial charge in [-0.25, -0.2) is 4.98 Å². The van der Waals surface area contributed by atoms with Crippen molar-refractivity contribution in [2.75, 3.05) is 18.5 Å². The van der Waals surface area contributed by atoms with Gasteiger partial charge in [0.25, 0.3) is 5.91 Å². The Bertz CT molecular complexity index is 1040.